The molecule has 7 nitrogen and oxygen atoms in total. The lowest BCUT2D eigenvalue weighted by Gasteiger charge is -2.20. The van der Waals surface area contributed by atoms with Crippen LogP contribution in [-0.4, -0.2) is 40.2 Å². The Morgan fingerprint density at radius 2 is 1.74 bits per heavy atom. The number of rotatable bonds is 8. The van der Waals surface area contributed by atoms with Gasteiger partial charge in [-0.25, -0.2) is 0 Å². The summed E-state index contributed by atoms with van der Waals surface area (Å²) >= 11 is 1.34. The number of ether oxygens (including phenoxy) is 2. The van der Waals surface area contributed by atoms with E-state index in [0.717, 1.165) is 21.9 Å². The summed E-state index contributed by atoms with van der Waals surface area (Å²) < 4.78 is 11.8. The molecule has 2 aromatic carbocycles. The van der Waals surface area contributed by atoms with Gasteiger partial charge in [-0.3, -0.25) is 10.2 Å². The largest absolute Gasteiger partial charge is 0.490 e. The molecular formula is C27H30N4O3S. The van der Waals surface area contributed by atoms with E-state index in [2.05, 4.69) is 49.1 Å². The van der Waals surface area contributed by atoms with Crippen LogP contribution in [-0.2, 0) is 4.79 Å². The molecule has 2 heterocycles. The van der Waals surface area contributed by atoms with E-state index in [1.807, 2.05) is 38.1 Å². The van der Waals surface area contributed by atoms with Crippen molar-refractivity contribution >= 4 is 39.8 Å². The molecule has 35 heavy (non-hydrogen) atoms. The first-order valence-corrected chi connectivity index (χ1v) is 12.5. The molecule has 1 amide bonds. The molecule has 0 aromatic heterocycles. The third-order valence-electron chi connectivity index (χ3n) is 5.56. The molecule has 0 radical (unpaired) electrons. The quantitative estimate of drug-likeness (QED) is 0.370. The van der Waals surface area contributed by atoms with Gasteiger partial charge in [0.1, 0.15) is 29.8 Å². The van der Waals surface area contributed by atoms with E-state index in [9.17, 15) is 4.79 Å². The van der Waals surface area contributed by atoms with Crippen LogP contribution in [0.25, 0.3) is 6.08 Å². The molecule has 0 saturated heterocycles. The average Bonchev–Trinajstić information content (AvgIpc) is 3.25. The molecule has 4 rings (SSSR count). The van der Waals surface area contributed by atoms with Crippen LogP contribution in [0.4, 0.5) is 0 Å². The van der Waals surface area contributed by atoms with Crippen molar-refractivity contribution in [1.82, 2.24) is 5.01 Å². The minimum Gasteiger partial charge on any atom is -0.490 e. The number of aliphatic imine (C=N–C) groups is 1. The Bertz CT molecular complexity index is 1230. The summed E-state index contributed by atoms with van der Waals surface area (Å²) in [6.45, 7) is 11.3. The molecule has 0 bridgehead atoms. The molecule has 182 valence electrons. The topological polar surface area (TPSA) is 87.3 Å². The van der Waals surface area contributed by atoms with Crippen molar-refractivity contribution in [2.45, 2.75) is 40.5 Å². The van der Waals surface area contributed by atoms with Crippen LogP contribution in [0.5, 0.6) is 11.5 Å². The number of aryl methyl sites for hydroxylation is 1. The number of hydrazone groups is 1. The van der Waals surface area contributed by atoms with Crippen LogP contribution >= 0.6 is 11.8 Å². The van der Waals surface area contributed by atoms with E-state index < -0.39 is 5.91 Å². The van der Waals surface area contributed by atoms with Crippen molar-refractivity contribution < 1.29 is 14.3 Å². The molecule has 2 aliphatic heterocycles. The lowest BCUT2D eigenvalue weighted by Crippen LogP contribution is -2.35. The predicted octanol–water partition coefficient (Wildman–Crippen LogP) is 5.85. The summed E-state index contributed by atoms with van der Waals surface area (Å²) in [5, 5.41) is 15.6. The fourth-order valence-electron chi connectivity index (χ4n) is 3.62. The molecule has 0 spiro atoms. The van der Waals surface area contributed by atoms with Gasteiger partial charge in [0.2, 0.25) is 5.17 Å². The number of nitrogens with zero attached hydrogens (tertiary/aromatic N) is 3. The number of carbonyl (C=O) groups excluding carboxylic acids is 1. The molecule has 0 unspecified atom stereocenters. The number of amidine groups is 2. The summed E-state index contributed by atoms with van der Waals surface area (Å²) in [4.78, 5) is 16.7. The van der Waals surface area contributed by atoms with Crippen molar-refractivity contribution in [1.29, 1.82) is 5.41 Å². The molecule has 2 aliphatic rings. The Labute approximate surface area is 210 Å². The summed E-state index contributed by atoms with van der Waals surface area (Å²) in [6.07, 6.45) is 1.66. The van der Waals surface area contributed by atoms with Gasteiger partial charge in [-0.15, -0.1) is 0 Å². The zero-order valence-corrected chi connectivity index (χ0v) is 21.5. The Balaban J connectivity index is 1.36. The van der Waals surface area contributed by atoms with Gasteiger partial charge in [0, 0.05) is 5.92 Å². The molecule has 0 aliphatic carbocycles. The first-order chi connectivity index (χ1) is 16.7. The van der Waals surface area contributed by atoms with E-state index in [0.29, 0.717) is 30.0 Å². The monoisotopic (exact) mass is 490 g/mol. The average molecular weight is 491 g/mol. The highest BCUT2D eigenvalue weighted by molar-refractivity contribution is 8.27. The van der Waals surface area contributed by atoms with Crippen LogP contribution in [0.1, 0.15) is 50.3 Å². The number of carbonyl (C=O) groups is 1. The number of thioether (sulfide) groups is 1. The van der Waals surface area contributed by atoms with Crippen LogP contribution < -0.4 is 9.47 Å². The normalized spacial score (nSPS) is 16.7. The minimum absolute atomic E-state index is 0.0394. The highest BCUT2D eigenvalue weighted by atomic mass is 32.2. The maximum absolute atomic E-state index is 12.5. The predicted molar refractivity (Wildman–Crippen MR) is 143 cm³/mol. The van der Waals surface area contributed by atoms with Gasteiger partial charge in [0.05, 0.1) is 5.57 Å². The number of hydrogen-bond donors (Lipinski definition) is 1. The molecule has 0 atom stereocenters. The Kier molecular flexibility index (Phi) is 7.40. The van der Waals surface area contributed by atoms with Gasteiger partial charge in [-0.05, 0) is 65.6 Å². The summed E-state index contributed by atoms with van der Waals surface area (Å²) in [6, 6.07) is 13.7. The van der Waals surface area contributed by atoms with Crippen LogP contribution in [0.2, 0.25) is 0 Å². The summed E-state index contributed by atoms with van der Waals surface area (Å²) in [5.74, 6) is 1.81. The van der Waals surface area contributed by atoms with E-state index in [1.54, 1.807) is 6.08 Å². The smallest absolute Gasteiger partial charge is 0.283 e. The standard InChI is InChI=1S/C27H30N4O3S/c1-16(2)21-11-6-18(5)14-23(21)34-13-12-33-20-9-7-19(8-10-20)15-22-24(28)31-27(29-25(22)32)35-26(30-31)17(3)4/h6-11,14-17,28H,12-13H2,1-5H3/b22-15-,28-24?. The third-order valence-corrected chi connectivity index (χ3v) is 6.76. The van der Waals surface area contributed by atoms with Crippen molar-refractivity contribution in [3.63, 3.8) is 0 Å². The lowest BCUT2D eigenvalue weighted by atomic mass is 10.0. The molecule has 0 fully saturated rings. The second kappa shape index (κ2) is 10.5. The van der Waals surface area contributed by atoms with Crippen LogP contribution in [0, 0.1) is 18.3 Å². The number of benzene rings is 2. The minimum atomic E-state index is -0.427. The molecule has 1 N–H and O–H groups in total. The van der Waals surface area contributed by atoms with Gasteiger partial charge in [-0.2, -0.15) is 15.1 Å². The first-order valence-electron chi connectivity index (χ1n) is 11.7. The zero-order chi connectivity index (χ0) is 25.1. The SMILES string of the molecule is Cc1ccc(C(C)C)c(OCCOc2ccc(/C=C3/C(=N)N4N=C(C(C)C)SC4=NC3=O)cc2)c1. The van der Waals surface area contributed by atoms with E-state index in [4.69, 9.17) is 14.9 Å². The zero-order valence-electron chi connectivity index (χ0n) is 20.7. The maximum atomic E-state index is 12.5. The Hall–Kier alpha value is -3.39. The van der Waals surface area contributed by atoms with E-state index in [-0.39, 0.29) is 17.3 Å². The molecule has 0 saturated carbocycles. The van der Waals surface area contributed by atoms with E-state index in [1.165, 1.54) is 22.3 Å². The number of amides is 1. The van der Waals surface area contributed by atoms with Crippen molar-refractivity contribution in [3.05, 3.63) is 64.7 Å². The molecule has 2 aromatic rings. The Morgan fingerprint density at radius 3 is 2.43 bits per heavy atom. The van der Waals surface area contributed by atoms with Gasteiger partial charge < -0.3 is 9.47 Å². The van der Waals surface area contributed by atoms with Crippen LogP contribution in [0.15, 0.2) is 58.1 Å². The molecule has 8 heteroatoms. The van der Waals surface area contributed by atoms with Gasteiger partial charge in [0.15, 0.2) is 5.84 Å². The number of hydrogen-bond acceptors (Lipinski definition) is 6. The van der Waals surface area contributed by atoms with Crippen molar-refractivity contribution in [2.24, 2.45) is 16.0 Å². The maximum Gasteiger partial charge on any atom is 0.283 e. The fourth-order valence-corrected chi connectivity index (χ4v) is 4.51. The van der Waals surface area contributed by atoms with Crippen molar-refractivity contribution in [3.8, 4) is 11.5 Å². The number of nitrogens with one attached hydrogen (secondary N) is 1. The fraction of sp³-hybridized carbons (Fsp3) is 0.333. The van der Waals surface area contributed by atoms with Gasteiger partial charge in [0.25, 0.3) is 5.91 Å². The van der Waals surface area contributed by atoms with Gasteiger partial charge >= 0.3 is 0 Å². The van der Waals surface area contributed by atoms with Crippen molar-refractivity contribution in [2.75, 3.05) is 13.2 Å². The Morgan fingerprint density at radius 1 is 1.03 bits per heavy atom. The summed E-state index contributed by atoms with van der Waals surface area (Å²) in [5.41, 5.74) is 3.34. The number of fused-ring (bicyclic) bond motifs is 1. The third kappa shape index (κ3) is 5.65. The van der Waals surface area contributed by atoms with Crippen LogP contribution in [0.3, 0.4) is 0 Å². The van der Waals surface area contributed by atoms with Gasteiger partial charge in [-0.1, -0.05) is 52.0 Å². The second-order valence-corrected chi connectivity index (χ2v) is 10.1. The highest BCUT2D eigenvalue weighted by Gasteiger charge is 2.36. The molecular weight excluding hydrogens is 460 g/mol. The lowest BCUT2D eigenvalue weighted by molar-refractivity contribution is -0.114. The summed E-state index contributed by atoms with van der Waals surface area (Å²) in [7, 11) is 0. The first kappa shape index (κ1) is 24.7. The second-order valence-electron chi connectivity index (χ2n) is 9.07. The highest BCUT2D eigenvalue weighted by Crippen LogP contribution is 2.31. The van der Waals surface area contributed by atoms with E-state index >= 15 is 0 Å².